The molecule has 7 nitrogen and oxygen atoms in total. The quantitative estimate of drug-likeness (QED) is 0.370. The van der Waals surface area contributed by atoms with E-state index in [0.29, 0.717) is 37.2 Å². The average molecular weight is 387 g/mol. The van der Waals surface area contributed by atoms with Gasteiger partial charge in [0.25, 0.3) is 0 Å². The number of benzene rings is 2. The van der Waals surface area contributed by atoms with Gasteiger partial charge in [0, 0.05) is 25.4 Å². The summed E-state index contributed by atoms with van der Waals surface area (Å²) in [6.45, 7) is 4.43. The van der Waals surface area contributed by atoms with Crippen LogP contribution in [0.15, 0.2) is 47.5 Å². The number of aliphatic imine (C=N–C) groups is 1. The van der Waals surface area contributed by atoms with Gasteiger partial charge < -0.3 is 29.6 Å². The number of nitrogens with zero attached hydrogens (tertiary/aromatic N) is 1. The van der Waals surface area contributed by atoms with Crippen LogP contribution >= 0.6 is 0 Å². The fraction of sp³-hybridized carbons (Fsp3) is 0.381. The molecule has 152 valence electrons. The van der Waals surface area contributed by atoms with Gasteiger partial charge in [-0.2, -0.15) is 0 Å². The summed E-state index contributed by atoms with van der Waals surface area (Å²) in [7, 11) is 4.89. The number of hydrogen-bond acceptors (Lipinski definition) is 5. The van der Waals surface area contributed by atoms with Gasteiger partial charge in [0.2, 0.25) is 0 Å². The Morgan fingerprint density at radius 2 is 1.68 bits per heavy atom. The number of rotatable bonds is 10. The number of ether oxygens (including phenoxy) is 4. The average Bonchev–Trinajstić information content (AvgIpc) is 2.73. The Kier molecular flexibility index (Phi) is 8.94. The SMILES string of the molecule is CCNC(=NCc1ccc(OCCOC)cc1)Nc1ccc(OC)c(OC)c1. The monoisotopic (exact) mass is 387 g/mol. The van der Waals surface area contributed by atoms with E-state index in [1.807, 2.05) is 49.4 Å². The van der Waals surface area contributed by atoms with Gasteiger partial charge in [-0.3, -0.25) is 0 Å². The van der Waals surface area contributed by atoms with Crippen molar-refractivity contribution in [3.8, 4) is 17.2 Å². The van der Waals surface area contributed by atoms with Crippen LogP contribution in [-0.4, -0.2) is 47.0 Å². The first-order valence-corrected chi connectivity index (χ1v) is 9.18. The summed E-state index contributed by atoms with van der Waals surface area (Å²) < 4.78 is 21.2. The van der Waals surface area contributed by atoms with E-state index < -0.39 is 0 Å². The van der Waals surface area contributed by atoms with Crippen LogP contribution in [0.2, 0.25) is 0 Å². The molecule has 0 aliphatic carbocycles. The van der Waals surface area contributed by atoms with E-state index >= 15 is 0 Å². The Labute approximate surface area is 166 Å². The molecule has 0 bridgehead atoms. The molecule has 2 aromatic rings. The van der Waals surface area contributed by atoms with E-state index in [1.165, 1.54) is 0 Å². The van der Waals surface area contributed by atoms with Crippen molar-refractivity contribution in [1.29, 1.82) is 0 Å². The van der Waals surface area contributed by atoms with Gasteiger partial charge >= 0.3 is 0 Å². The van der Waals surface area contributed by atoms with Gasteiger partial charge in [0.1, 0.15) is 12.4 Å². The zero-order valence-corrected chi connectivity index (χ0v) is 17.0. The molecule has 28 heavy (non-hydrogen) atoms. The molecule has 2 N–H and O–H groups in total. The second kappa shape index (κ2) is 11.7. The highest BCUT2D eigenvalue weighted by molar-refractivity contribution is 5.93. The third-order valence-electron chi connectivity index (χ3n) is 3.89. The summed E-state index contributed by atoms with van der Waals surface area (Å²) in [6, 6.07) is 13.5. The third-order valence-corrected chi connectivity index (χ3v) is 3.89. The highest BCUT2D eigenvalue weighted by Crippen LogP contribution is 2.29. The highest BCUT2D eigenvalue weighted by atomic mass is 16.5. The maximum Gasteiger partial charge on any atom is 0.196 e. The predicted molar refractivity (Wildman–Crippen MR) is 112 cm³/mol. The molecule has 2 rings (SSSR count). The summed E-state index contributed by atoms with van der Waals surface area (Å²) in [5, 5.41) is 6.53. The molecule has 7 heteroatoms. The fourth-order valence-corrected chi connectivity index (χ4v) is 2.46. The minimum absolute atomic E-state index is 0.536. The number of anilines is 1. The van der Waals surface area contributed by atoms with Gasteiger partial charge in [-0.05, 0) is 36.8 Å². The Balaban J connectivity index is 2.02. The lowest BCUT2D eigenvalue weighted by atomic mass is 10.2. The first kappa shape index (κ1) is 21.4. The van der Waals surface area contributed by atoms with Gasteiger partial charge in [-0.25, -0.2) is 4.99 Å². The van der Waals surface area contributed by atoms with E-state index in [0.717, 1.165) is 23.5 Å². The molecule has 0 unspecified atom stereocenters. The molecule has 0 saturated heterocycles. The first-order chi connectivity index (χ1) is 13.7. The minimum Gasteiger partial charge on any atom is -0.493 e. The van der Waals surface area contributed by atoms with Crippen LogP contribution in [0.4, 0.5) is 5.69 Å². The summed E-state index contributed by atoms with van der Waals surface area (Å²) in [5.41, 5.74) is 1.95. The molecule has 0 saturated carbocycles. The van der Waals surface area contributed by atoms with Crippen molar-refractivity contribution in [3.63, 3.8) is 0 Å². The van der Waals surface area contributed by atoms with Gasteiger partial charge in [-0.1, -0.05) is 12.1 Å². The van der Waals surface area contributed by atoms with Crippen molar-refractivity contribution >= 4 is 11.6 Å². The summed E-state index contributed by atoms with van der Waals surface area (Å²) in [4.78, 5) is 4.64. The fourth-order valence-electron chi connectivity index (χ4n) is 2.46. The van der Waals surface area contributed by atoms with Crippen LogP contribution in [-0.2, 0) is 11.3 Å². The molecular weight excluding hydrogens is 358 g/mol. The topological polar surface area (TPSA) is 73.3 Å². The van der Waals surface area contributed by atoms with E-state index in [1.54, 1.807) is 21.3 Å². The number of nitrogens with one attached hydrogen (secondary N) is 2. The Morgan fingerprint density at radius 3 is 2.32 bits per heavy atom. The predicted octanol–water partition coefficient (Wildman–Crippen LogP) is 3.31. The van der Waals surface area contributed by atoms with Crippen LogP contribution in [0, 0.1) is 0 Å². The van der Waals surface area contributed by atoms with Crippen LogP contribution < -0.4 is 24.8 Å². The molecule has 0 heterocycles. The zero-order chi connectivity index (χ0) is 20.2. The van der Waals surface area contributed by atoms with E-state index in [-0.39, 0.29) is 0 Å². The second-order valence-electron chi connectivity index (χ2n) is 5.88. The lowest BCUT2D eigenvalue weighted by Crippen LogP contribution is -2.30. The van der Waals surface area contributed by atoms with Crippen molar-refractivity contribution in [1.82, 2.24) is 5.32 Å². The molecule has 0 aromatic heterocycles. The van der Waals surface area contributed by atoms with Crippen molar-refractivity contribution in [3.05, 3.63) is 48.0 Å². The van der Waals surface area contributed by atoms with Gasteiger partial charge in [0.05, 0.1) is 27.4 Å². The van der Waals surface area contributed by atoms with Crippen LogP contribution in [0.3, 0.4) is 0 Å². The molecule has 0 radical (unpaired) electrons. The standard InChI is InChI=1S/C21H29N3O4/c1-5-22-21(24-17-8-11-19(26-3)20(14-17)27-4)23-15-16-6-9-18(10-7-16)28-13-12-25-2/h6-11,14H,5,12-13,15H2,1-4H3,(H2,22,23,24). The van der Waals surface area contributed by atoms with Gasteiger partial charge in [-0.15, -0.1) is 0 Å². The van der Waals surface area contributed by atoms with Crippen molar-refractivity contribution in [2.24, 2.45) is 4.99 Å². The molecule has 0 amide bonds. The summed E-state index contributed by atoms with van der Waals surface area (Å²) >= 11 is 0. The van der Waals surface area contributed by atoms with Crippen LogP contribution in [0.5, 0.6) is 17.2 Å². The van der Waals surface area contributed by atoms with Crippen molar-refractivity contribution in [2.45, 2.75) is 13.5 Å². The molecule has 0 aliphatic heterocycles. The Morgan fingerprint density at radius 1 is 0.929 bits per heavy atom. The molecule has 0 fully saturated rings. The van der Waals surface area contributed by atoms with E-state index in [2.05, 4.69) is 15.6 Å². The highest BCUT2D eigenvalue weighted by Gasteiger charge is 2.06. The lowest BCUT2D eigenvalue weighted by molar-refractivity contribution is 0.146. The Bertz CT molecular complexity index is 748. The molecular formula is C21H29N3O4. The smallest absolute Gasteiger partial charge is 0.196 e. The van der Waals surface area contributed by atoms with E-state index in [9.17, 15) is 0 Å². The first-order valence-electron chi connectivity index (χ1n) is 9.18. The summed E-state index contributed by atoms with van der Waals surface area (Å²) in [6.07, 6.45) is 0. The summed E-state index contributed by atoms with van der Waals surface area (Å²) in [5.74, 6) is 2.85. The maximum atomic E-state index is 5.58. The largest absolute Gasteiger partial charge is 0.493 e. The van der Waals surface area contributed by atoms with Crippen LogP contribution in [0.25, 0.3) is 0 Å². The Hall–Kier alpha value is -2.93. The zero-order valence-electron chi connectivity index (χ0n) is 17.0. The molecule has 2 aromatic carbocycles. The molecule has 0 spiro atoms. The normalized spacial score (nSPS) is 11.1. The maximum absolute atomic E-state index is 5.58. The van der Waals surface area contributed by atoms with E-state index in [4.69, 9.17) is 18.9 Å². The van der Waals surface area contributed by atoms with Crippen molar-refractivity contribution < 1.29 is 18.9 Å². The molecule has 0 aliphatic rings. The number of hydrogen-bond donors (Lipinski definition) is 2. The number of guanidine groups is 1. The second-order valence-corrected chi connectivity index (χ2v) is 5.88. The van der Waals surface area contributed by atoms with Gasteiger partial charge in [0.15, 0.2) is 17.5 Å². The van der Waals surface area contributed by atoms with Crippen molar-refractivity contribution in [2.75, 3.05) is 46.4 Å². The van der Waals surface area contributed by atoms with Crippen LogP contribution in [0.1, 0.15) is 12.5 Å². The lowest BCUT2D eigenvalue weighted by Gasteiger charge is -2.14. The number of methoxy groups -OCH3 is 3. The molecule has 0 atom stereocenters. The minimum atomic E-state index is 0.536. The third kappa shape index (κ3) is 6.66.